The molecule has 0 aromatic carbocycles. The molecule has 0 amide bonds. The van der Waals surface area contributed by atoms with E-state index in [-0.39, 0.29) is 18.8 Å². The quantitative estimate of drug-likeness (QED) is 0.709. The number of halogens is 4. The van der Waals surface area contributed by atoms with Gasteiger partial charge in [0.05, 0.1) is 0 Å². The second kappa shape index (κ2) is 5.61. The average molecular weight is 207 g/mol. The summed E-state index contributed by atoms with van der Waals surface area (Å²) in [7, 11) is 3.07. The van der Waals surface area contributed by atoms with Gasteiger partial charge in [0.2, 0.25) is 0 Å². The van der Waals surface area contributed by atoms with Gasteiger partial charge < -0.3 is 0 Å². The van der Waals surface area contributed by atoms with Gasteiger partial charge in [0.25, 0.3) is 0 Å². The van der Waals surface area contributed by atoms with Crippen molar-refractivity contribution in [2.75, 3.05) is 14.1 Å². The number of rotatable bonds is 3. The summed E-state index contributed by atoms with van der Waals surface area (Å²) in [6.45, 7) is 1.49. The molecular weight excluding hydrogens is 193 g/mol. The molecule has 0 fully saturated rings. The van der Waals surface area contributed by atoms with Crippen molar-refractivity contribution in [3.05, 3.63) is 0 Å². The van der Waals surface area contributed by atoms with Crippen LogP contribution in [0.15, 0.2) is 0 Å². The van der Waals surface area contributed by atoms with Crippen LogP contribution in [0.3, 0.4) is 0 Å². The van der Waals surface area contributed by atoms with Crippen LogP contribution in [0.25, 0.3) is 0 Å². The second-order valence-electron chi connectivity index (χ2n) is 2.53. The van der Waals surface area contributed by atoms with E-state index in [2.05, 4.69) is 5.43 Å². The van der Waals surface area contributed by atoms with Gasteiger partial charge in [0, 0.05) is 14.1 Å². The van der Waals surface area contributed by atoms with Crippen LogP contribution in [0.1, 0.15) is 13.3 Å². The Morgan fingerprint density at radius 1 is 1.33 bits per heavy atom. The number of hydrogen-bond acceptors (Lipinski definition) is 2. The molecule has 0 aliphatic heterocycles. The number of hydrazine groups is 1. The number of hydrogen-bond donors (Lipinski definition) is 1. The van der Waals surface area contributed by atoms with Crippen molar-refractivity contribution < 1.29 is 13.2 Å². The third kappa shape index (κ3) is 5.62. The van der Waals surface area contributed by atoms with E-state index >= 15 is 0 Å². The summed E-state index contributed by atoms with van der Waals surface area (Å²) < 4.78 is 36.0. The first-order valence-electron chi connectivity index (χ1n) is 3.38. The molecule has 0 radical (unpaired) electrons. The highest BCUT2D eigenvalue weighted by atomic mass is 35.5. The Morgan fingerprint density at radius 2 is 1.75 bits per heavy atom. The topological polar surface area (TPSA) is 15.3 Å². The van der Waals surface area contributed by atoms with E-state index in [4.69, 9.17) is 0 Å². The summed E-state index contributed by atoms with van der Waals surface area (Å²) in [5, 5.41) is 1.31. The summed E-state index contributed by atoms with van der Waals surface area (Å²) in [6.07, 6.45) is -4.11. The first-order valence-corrected chi connectivity index (χ1v) is 3.38. The highest BCUT2D eigenvalue weighted by Crippen LogP contribution is 2.21. The fourth-order valence-corrected chi connectivity index (χ4v) is 0.708. The molecule has 0 aliphatic rings. The Morgan fingerprint density at radius 3 is 1.83 bits per heavy atom. The van der Waals surface area contributed by atoms with E-state index in [1.807, 2.05) is 0 Å². The number of alkyl halides is 3. The number of nitrogens with zero attached hydrogens (tertiary/aromatic N) is 1. The van der Waals surface area contributed by atoms with E-state index in [9.17, 15) is 13.2 Å². The molecule has 0 saturated heterocycles. The Kier molecular flexibility index (Phi) is 6.79. The van der Waals surface area contributed by atoms with E-state index in [0.717, 1.165) is 0 Å². The van der Waals surface area contributed by atoms with E-state index in [0.29, 0.717) is 0 Å². The minimum absolute atomic E-state index is 0. The molecule has 0 bridgehead atoms. The monoisotopic (exact) mass is 206 g/mol. The van der Waals surface area contributed by atoms with Gasteiger partial charge in [-0.2, -0.15) is 13.2 Å². The van der Waals surface area contributed by atoms with Crippen LogP contribution in [0.5, 0.6) is 0 Å². The van der Waals surface area contributed by atoms with E-state index in [1.165, 1.54) is 26.0 Å². The fraction of sp³-hybridized carbons (Fsp3) is 1.00. The molecule has 76 valence electrons. The lowest BCUT2D eigenvalue weighted by Gasteiger charge is -2.23. The van der Waals surface area contributed by atoms with Crippen molar-refractivity contribution in [1.29, 1.82) is 0 Å². The molecule has 0 rings (SSSR count). The van der Waals surface area contributed by atoms with Crippen molar-refractivity contribution >= 4 is 12.4 Å². The zero-order valence-electron chi connectivity index (χ0n) is 7.27. The molecule has 0 aromatic rings. The lowest BCUT2D eigenvalue weighted by Crippen LogP contribution is -2.48. The third-order valence-corrected chi connectivity index (χ3v) is 1.22. The molecule has 6 heteroatoms. The first-order chi connectivity index (χ1) is 4.88. The molecule has 0 aromatic heterocycles. The predicted molar refractivity (Wildman–Crippen MR) is 44.2 cm³/mol. The fourth-order valence-electron chi connectivity index (χ4n) is 0.708. The standard InChI is InChI=1S/C6H13F3N2.ClH/c1-4-5(6(7,8)9)10-11(2)3;/h5,10H,4H2,1-3H3;1H. The maximum absolute atomic E-state index is 12.0. The van der Waals surface area contributed by atoms with Crippen LogP contribution in [0.4, 0.5) is 13.2 Å². The molecule has 1 unspecified atom stereocenters. The minimum Gasteiger partial charge on any atom is -0.250 e. The lowest BCUT2D eigenvalue weighted by atomic mass is 10.2. The van der Waals surface area contributed by atoms with Gasteiger partial charge in [-0.1, -0.05) is 6.92 Å². The summed E-state index contributed by atoms with van der Waals surface area (Å²) >= 11 is 0. The maximum Gasteiger partial charge on any atom is 0.405 e. The summed E-state index contributed by atoms with van der Waals surface area (Å²) in [6, 6.07) is -1.43. The molecule has 1 N–H and O–H groups in total. The Labute approximate surface area is 76.5 Å². The Hall–Kier alpha value is -0.0000000000000000555. The lowest BCUT2D eigenvalue weighted by molar-refractivity contribution is -0.166. The first kappa shape index (κ1) is 14.5. The minimum atomic E-state index is -4.15. The molecule has 2 nitrogen and oxygen atoms in total. The van der Waals surface area contributed by atoms with Crippen LogP contribution in [-0.4, -0.2) is 31.3 Å². The van der Waals surface area contributed by atoms with Crippen molar-refractivity contribution in [1.82, 2.24) is 10.4 Å². The number of nitrogens with one attached hydrogen (secondary N) is 1. The van der Waals surface area contributed by atoms with E-state index in [1.54, 1.807) is 0 Å². The highest BCUT2D eigenvalue weighted by Gasteiger charge is 2.38. The van der Waals surface area contributed by atoms with Gasteiger partial charge in [-0.05, 0) is 6.42 Å². The van der Waals surface area contributed by atoms with Crippen molar-refractivity contribution in [2.45, 2.75) is 25.6 Å². The van der Waals surface area contributed by atoms with Crippen LogP contribution < -0.4 is 5.43 Å². The highest BCUT2D eigenvalue weighted by molar-refractivity contribution is 5.85. The van der Waals surface area contributed by atoms with Crippen LogP contribution in [0, 0.1) is 0 Å². The molecule has 12 heavy (non-hydrogen) atoms. The predicted octanol–water partition coefficient (Wildman–Crippen LogP) is 1.82. The molecular formula is C6H14ClF3N2. The summed E-state index contributed by atoms with van der Waals surface area (Å²) in [5.41, 5.74) is 2.28. The van der Waals surface area contributed by atoms with Gasteiger partial charge in [-0.25, -0.2) is 5.43 Å². The van der Waals surface area contributed by atoms with Gasteiger partial charge >= 0.3 is 6.18 Å². The average Bonchev–Trinajstić information content (AvgIpc) is 1.79. The van der Waals surface area contributed by atoms with Crippen molar-refractivity contribution in [3.63, 3.8) is 0 Å². The van der Waals surface area contributed by atoms with Crippen molar-refractivity contribution in [3.8, 4) is 0 Å². The Balaban J connectivity index is 0. The Bertz CT molecular complexity index is 116. The van der Waals surface area contributed by atoms with Crippen LogP contribution >= 0.6 is 12.4 Å². The molecule has 0 spiro atoms. The zero-order valence-corrected chi connectivity index (χ0v) is 8.09. The summed E-state index contributed by atoms with van der Waals surface area (Å²) in [4.78, 5) is 0. The van der Waals surface area contributed by atoms with Gasteiger partial charge in [-0.3, -0.25) is 5.01 Å². The summed E-state index contributed by atoms with van der Waals surface area (Å²) in [5.74, 6) is 0. The molecule has 1 atom stereocenters. The molecule has 0 aliphatic carbocycles. The van der Waals surface area contributed by atoms with Crippen LogP contribution in [-0.2, 0) is 0 Å². The third-order valence-electron chi connectivity index (χ3n) is 1.22. The van der Waals surface area contributed by atoms with Gasteiger partial charge in [0.15, 0.2) is 0 Å². The largest absolute Gasteiger partial charge is 0.405 e. The molecule has 0 saturated carbocycles. The molecule has 0 heterocycles. The normalized spacial score (nSPS) is 14.2. The van der Waals surface area contributed by atoms with Gasteiger partial charge in [-0.15, -0.1) is 12.4 Å². The van der Waals surface area contributed by atoms with E-state index < -0.39 is 12.2 Å². The van der Waals surface area contributed by atoms with Crippen LogP contribution in [0.2, 0.25) is 0 Å². The van der Waals surface area contributed by atoms with Crippen molar-refractivity contribution in [2.24, 2.45) is 0 Å². The SMILES string of the molecule is CCC(NN(C)C)C(F)(F)F.Cl. The zero-order chi connectivity index (χ0) is 9.07. The maximum atomic E-state index is 12.0. The smallest absolute Gasteiger partial charge is 0.250 e. The second-order valence-corrected chi connectivity index (χ2v) is 2.53. The van der Waals surface area contributed by atoms with Gasteiger partial charge in [0.1, 0.15) is 6.04 Å².